The van der Waals surface area contributed by atoms with Crippen LogP contribution in [-0.4, -0.2) is 11.3 Å². The molecule has 0 spiro atoms. The van der Waals surface area contributed by atoms with Crippen LogP contribution >= 0.6 is 0 Å². The van der Waals surface area contributed by atoms with Crippen LogP contribution in [0.4, 0.5) is 0 Å². The molecule has 0 aliphatic rings. The molecule has 3 heteroatoms. The molecule has 0 saturated heterocycles. The van der Waals surface area contributed by atoms with Gasteiger partial charge in [-0.15, -0.1) is 0 Å². The first kappa shape index (κ1) is 13.3. The lowest BCUT2D eigenvalue weighted by Gasteiger charge is -2.07. The van der Waals surface area contributed by atoms with E-state index in [1.807, 2.05) is 48.7 Å². The fraction of sp³-hybridized carbons (Fsp3) is 0.111. The van der Waals surface area contributed by atoms with E-state index in [-0.39, 0.29) is 0 Å². The van der Waals surface area contributed by atoms with E-state index in [4.69, 9.17) is 4.42 Å². The molecule has 3 nitrogen and oxygen atoms in total. The second kappa shape index (κ2) is 6.18. The highest BCUT2D eigenvalue weighted by molar-refractivity contribution is 5.73. The summed E-state index contributed by atoms with van der Waals surface area (Å²) in [6, 6.07) is 17.6. The number of carbonyl (C=O) groups excluding carboxylic acids is 1. The normalized spacial score (nSPS) is 10.5. The van der Waals surface area contributed by atoms with Gasteiger partial charge < -0.3 is 4.42 Å². The third-order valence-corrected chi connectivity index (χ3v) is 3.40. The molecule has 0 bridgehead atoms. The van der Waals surface area contributed by atoms with Gasteiger partial charge in [0.25, 0.3) is 0 Å². The van der Waals surface area contributed by atoms with Crippen LogP contribution in [-0.2, 0) is 12.8 Å². The molecule has 2 aromatic heterocycles. The summed E-state index contributed by atoms with van der Waals surface area (Å²) < 4.78 is 5.53. The van der Waals surface area contributed by atoms with Crippen LogP contribution in [0.25, 0.3) is 11.3 Å². The Balaban J connectivity index is 1.84. The number of hydrogen-bond donors (Lipinski definition) is 0. The first-order valence-electron chi connectivity index (χ1n) is 6.90. The van der Waals surface area contributed by atoms with Crippen molar-refractivity contribution >= 4 is 6.29 Å². The Kier molecular flexibility index (Phi) is 3.92. The minimum atomic E-state index is 0.351. The summed E-state index contributed by atoms with van der Waals surface area (Å²) in [4.78, 5) is 15.1. The van der Waals surface area contributed by atoms with Gasteiger partial charge in [-0.2, -0.15) is 0 Å². The monoisotopic (exact) mass is 277 g/mol. The van der Waals surface area contributed by atoms with Crippen LogP contribution in [0, 0.1) is 0 Å². The van der Waals surface area contributed by atoms with Gasteiger partial charge in [0.1, 0.15) is 5.76 Å². The molecule has 0 atom stereocenters. The third kappa shape index (κ3) is 3.08. The number of pyridine rings is 1. The highest BCUT2D eigenvalue weighted by atomic mass is 16.3. The van der Waals surface area contributed by atoms with Crippen LogP contribution in [0.15, 0.2) is 65.2 Å². The fourth-order valence-corrected chi connectivity index (χ4v) is 2.35. The van der Waals surface area contributed by atoms with Crippen molar-refractivity contribution in [3.63, 3.8) is 0 Å². The summed E-state index contributed by atoms with van der Waals surface area (Å²) in [5, 5.41) is 0. The lowest BCUT2D eigenvalue weighted by Crippen LogP contribution is -1.95. The molecule has 0 aliphatic carbocycles. The standard InChI is InChI=1S/C18H15NO2/c20-13-16-10-11-18(21-16)17-7-2-1-5-14(17)8-9-15-6-3-4-12-19-15/h1-7,10-13H,8-9H2. The molecule has 2 heterocycles. The molecule has 0 radical (unpaired) electrons. The van der Waals surface area contributed by atoms with Gasteiger partial charge in [-0.3, -0.25) is 9.78 Å². The zero-order valence-electron chi connectivity index (χ0n) is 11.5. The smallest absolute Gasteiger partial charge is 0.185 e. The lowest BCUT2D eigenvalue weighted by molar-refractivity contribution is 0.110. The average molecular weight is 277 g/mol. The number of aldehydes is 1. The second-order valence-corrected chi connectivity index (χ2v) is 4.80. The van der Waals surface area contributed by atoms with E-state index in [2.05, 4.69) is 11.1 Å². The van der Waals surface area contributed by atoms with Crippen LogP contribution in [0.2, 0.25) is 0 Å². The predicted octanol–water partition coefficient (Wildman–Crippen LogP) is 3.94. The largest absolute Gasteiger partial charge is 0.453 e. The minimum Gasteiger partial charge on any atom is -0.453 e. The third-order valence-electron chi connectivity index (χ3n) is 3.40. The molecule has 0 amide bonds. The van der Waals surface area contributed by atoms with Crippen LogP contribution in [0.3, 0.4) is 0 Å². The summed E-state index contributed by atoms with van der Waals surface area (Å²) in [7, 11) is 0. The SMILES string of the molecule is O=Cc1ccc(-c2ccccc2CCc2ccccn2)o1. The Morgan fingerprint density at radius 1 is 0.952 bits per heavy atom. The van der Waals surface area contributed by atoms with Gasteiger partial charge in [-0.1, -0.05) is 30.3 Å². The van der Waals surface area contributed by atoms with Gasteiger partial charge in [0.05, 0.1) is 0 Å². The van der Waals surface area contributed by atoms with E-state index < -0.39 is 0 Å². The van der Waals surface area contributed by atoms with Crippen molar-refractivity contribution in [3.05, 3.63) is 77.8 Å². The van der Waals surface area contributed by atoms with E-state index in [0.29, 0.717) is 5.76 Å². The zero-order valence-corrected chi connectivity index (χ0v) is 11.5. The lowest BCUT2D eigenvalue weighted by atomic mass is 10.00. The van der Waals surface area contributed by atoms with Gasteiger partial charge in [-0.25, -0.2) is 0 Å². The average Bonchev–Trinajstić information content (AvgIpc) is 3.03. The number of carbonyl (C=O) groups is 1. The topological polar surface area (TPSA) is 43.1 Å². The molecule has 21 heavy (non-hydrogen) atoms. The quantitative estimate of drug-likeness (QED) is 0.663. The summed E-state index contributed by atoms with van der Waals surface area (Å²) >= 11 is 0. The van der Waals surface area contributed by atoms with Crippen molar-refractivity contribution in [2.75, 3.05) is 0 Å². The van der Waals surface area contributed by atoms with E-state index in [1.165, 1.54) is 5.56 Å². The number of aromatic nitrogens is 1. The first-order chi connectivity index (χ1) is 10.4. The number of benzene rings is 1. The fourth-order valence-electron chi connectivity index (χ4n) is 2.35. The molecule has 0 N–H and O–H groups in total. The van der Waals surface area contributed by atoms with Crippen LogP contribution < -0.4 is 0 Å². The highest BCUT2D eigenvalue weighted by Gasteiger charge is 2.09. The molecule has 3 rings (SSSR count). The van der Waals surface area contributed by atoms with Gasteiger partial charge in [0.2, 0.25) is 0 Å². The second-order valence-electron chi connectivity index (χ2n) is 4.80. The Morgan fingerprint density at radius 2 is 1.81 bits per heavy atom. The van der Waals surface area contributed by atoms with Crippen molar-refractivity contribution in [1.82, 2.24) is 4.98 Å². The van der Waals surface area contributed by atoms with Crippen molar-refractivity contribution < 1.29 is 9.21 Å². The number of furan rings is 1. The number of aryl methyl sites for hydroxylation is 2. The summed E-state index contributed by atoms with van der Waals surface area (Å²) in [5.74, 6) is 1.08. The maximum atomic E-state index is 10.7. The summed E-state index contributed by atoms with van der Waals surface area (Å²) in [6.07, 6.45) is 4.29. The van der Waals surface area contributed by atoms with E-state index in [0.717, 1.165) is 36.1 Å². The molecule has 104 valence electrons. The number of rotatable bonds is 5. The Labute approximate surface area is 123 Å². The summed E-state index contributed by atoms with van der Waals surface area (Å²) in [6.45, 7) is 0. The summed E-state index contributed by atoms with van der Waals surface area (Å²) in [5.41, 5.74) is 3.29. The van der Waals surface area contributed by atoms with Gasteiger partial charge in [-0.05, 0) is 42.7 Å². The van der Waals surface area contributed by atoms with Crippen LogP contribution in [0.5, 0.6) is 0 Å². The highest BCUT2D eigenvalue weighted by Crippen LogP contribution is 2.26. The van der Waals surface area contributed by atoms with Gasteiger partial charge in [0, 0.05) is 17.5 Å². The minimum absolute atomic E-state index is 0.351. The zero-order chi connectivity index (χ0) is 14.5. The van der Waals surface area contributed by atoms with Gasteiger partial charge in [0.15, 0.2) is 12.0 Å². The van der Waals surface area contributed by atoms with E-state index in [1.54, 1.807) is 6.07 Å². The molecule has 0 saturated carbocycles. The predicted molar refractivity (Wildman–Crippen MR) is 81.2 cm³/mol. The van der Waals surface area contributed by atoms with E-state index in [9.17, 15) is 4.79 Å². The van der Waals surface area contributed by atoms with E-state index >= 15 is 0 Å². The molecule has 0 fully saturated rings. The molecular weight excluding hydrogens is 262 g/mol. The molecular formula is C18H15NO2. The molecule has 1 aromatic carbocycles. The maximum absolute atomic E-state index is 10.7. The van der Waals surface area contributed by atoms with Crippen molar-refractivity contribution in [3.8, 4) is 11.3 Å². The van der Waals surface area contributed by atoms with Crippen LogP contribution in [0.1, 0.15) is 21.8 Å². The van der Waals surface area contributed by atoms with Crippen molar-refractivity contribution in [1.29, 1.82) is 0 Å². The Morgan fingerprint density at radius 3 is 2.57 bits per heavy atom. The molecule has 0 unspecified atom stereocenters. The molecule has 0 aliphatic heterocycles. The maximum Gasteiger partial charge on any atom is 0.185 e. The first-order valence-corrected chi connectivity index (χ1v) is 6.90. The van der Waals surface area contributed by atoms with Gasteiger partial charge >= 0.3 is 0 Å². The molecule has 3 aromatic rings. The Hall–Kier alpha value is -2.68. The Bertz CT molecular complexity index is 732. The number of nitrogens with zero attached hydrogens (tertiary/aromatic N) is 1. The van der Waals surface area contributed by atoms with Crippen molar-refractivity contribution in [2.24, 2.45) is 0 Å². The number of hydrogen-bond acceptors (Lipinski definition) is 3. The van der Waals surface area contributed by atoms with Crippen molar-refractivity contribution in [2.45, 2.75) is 12.8 Å².